The van der Waals surface area contributed by atoms with Gasteiger partial charge in [-0.05, 0) is 36.4 Å². The number of aliphatic hydroxyl groups excluding tert-OH is 1. The van der Waals surface area contributed by atoms with E-state index in [4.69, 9.17) is 9.84 Å². The summed E-state index contributed by atoms with van der Waals surface area (Å²) in [5, 5.41) is 19.5. The van der Waals surface area contributed by atoms with Crippen LogP contribution in [0.5, 0.6) is 5.75 Å². The number of anilines is 1. The number of aliphatic hydroxyl groups is 1. The number of carboxylic acid groups (broad SMARTS) is 1. The first-order chi connectivity index (χ1) is 14.4. The highest BCUT2D eigenvalue weighted by atomic mass is 79.9. The molecule has 158 valence electrons. The van der Waals surface area contributed by atoms with Crippen LogP contribution in [-0.4, -0.2) is 72.8 Å². The molecule has 2 N–H and O–H groups in total. The third-order valence-electron chi connectivity index (χ3n) is 5.68. The highest BCUT2D eigenvalue weighted by molar-refractivity contribution is 9.10. The first kappa shape index (κ1) is 20.8. The van der Waals surface area contributed by atoms with Gasteiger partial charge in [-0.3, -0.25) is 9.69 Å². The van der Waals surface area contributed by atoms with Crippen LogP contribution in [0.15, 0.2) is 46.9 Å². The van der Waals surface area contributed by atoms with Gasteiger partial charge in [-0.25, -0.2) is 4.79 Å². The monoisotopic (exact) mass is 474 g/mol. The summed E-state index contributed by atoms with van der Waals surface area (Å²) in [5.41, 5.74) is 1.41. The maximum atomic E-state index is 11.3. The van der Waals surface area contributed by atoms with E-state index in [2.05, 4.69) is 37.9 Å². The van der Waals surface area contributed by atoms with Gasteiger partial charge >= 0.3 is 5.97 Å². The van der Waals surface area contributed by atoms with Gasteiger partial charge in [-0.1, -0.05) is 22.0 Å². The molecule has 1 spiro atoms. The van der Waals surface area contributed by atoms with Crippen molar-refractivity contribution in [2.24, 2.45) is 5.41 Å². The summed E-state index contributed by atoms with van der Waals surface area (Å²) in [6, 6.07) is 12.7. The lowest BCUT2D eigenvalue weighted by Crippen LogP contribution is -2.72. The minimum absolute atomic E-state index is 0.00156. The number of carbonyl (C=O) groups excluding carboxylic acids is 1. The number of ether oxygens (including phenoxy) is 1. The van der Waals surface area contributed by atoms with Gasteiger partial charge in [0.25, 0.3) is 0 Å². The number of likely N-dealkylation sites (tertiary alicyclic amines) is 1. The standard InChI is InChI=1S/C22H23BrN2O5/c23-15-4-6-16(7-5-15)25-13-22(14-25)11-24(12-22)8-17(27)10-30-20-3-1-2-18(21(28)29)19(20)9-26/h1-7,9,17,27H,8,10-14H2,(H,28,29)/t17-/m1/s1. The fourth-order valence-corrected chi connectivity index (χ4v) is 4.61. The van der Waals surface area contributed by atoms with Crippen molar-refractivity contribution in [3.63, 3.8) is 0 Å². The molecule has 0 aliphatic carbocycles. The van der Waals surface area contributed by atoms with Crippen molar-refractivity contribution in [1.82, 2.24) is 4.90 Å². The number of aromatic carboxylic acids is 1. The molecular formula is C22H23BrN2O5. The number of benzene rings is 2. The molecule has 2 aliphatic heterocycles. The van der Waals surface area contributed by atoms with E-state index in [0.717, 1.165) is 30.7 Å². The Bertz CT molecular complexity index is 935. The maximum absolute atomic E-state index is 11.3. The van der Waals surface area contributed by atoms with E-state index in [9.17, 15) is 14.7 Å². The minimum atomic E-state index is -1.19. The molecule has 30 heavy (non-hydrogen) atoms. The van der Waals surface area contributed by atoms with Crippen molar-refractivity contribution in [3.8, 4) is 5.75 Å². The number of aldehydes is 1. The molecule has 0 unspecified atom stereocenters. The van der Waals surface area contributed by atoms with Crippen LogP contribution >= 0.6 is 15.9 Å². The summed E-state index contributed by atoms with van der Waals surface area (Å²) in [4.78, 5) is 27.0. The second-order valence-electron chi connectivity index (χ2n) is 8.11. The van der Waals surface area contributed by atoms with Gasteiger partial charge in [0.1, 0.15) is 18.5 Å². The summed E-state index contributed by atoms with van der Waals surface area (Å²) < 4.78 is 6.62. The Labute approximate surface area is 183 Å². The van der Waals surface area contributed by atoms with Crippen LogP contribution in [0, 0.1) is 5.41 Å². The number of rotatable bonds is 8. The van der Waals surface area contributed by atoms with Crippen molar-refractivity contribution in [1.29, 1.82) is 0 Å². The lowest BCUT2D eigenvalue weighted by Gasteiger charge is -2.61. The lowest BCUT2D eigenvalue weighted by atomic mass is 9.72. The Hall–Kier alpha value is -2.42. The van der Waals surface area contributed by atoms with E-state index in [1.54, 1.807) is 0 Å². The summed E-state index contributed by atoms with van der Waals surface area (Å²) in [5.74, 6) is -1.01. The molecule has 0 saturated carbocycles. The van der Waals surface area contributed by atoms with Crippen molar-refractivity contribution in [2.75, 3.05) is 44.2 Å². The molecule has 4 rings (SSSR count). The molecule has 1 atom stereocenters. The average molecular weight is 475 g/mol. The molecule has 0 radical (unpaired) electrons. The van der Waals surface area contributed by atoms with Crippen LogP contribution in [0.3, 0.4) is 0 Å². The first-order valence-electron chi connectivity index (χ1n) is 9.74. The van der Waals surface area contributed by atoms with Crippen LogP contribution < -0.4 is 9.64 Å². The third-order valence-corrected chi connectivity index (χ3v) is 6.21. The minimum Gasteiger partial charge on any atom is -0.490 e. The largest absolute Gasteiger partial charge is 0.490 e. The van der Waals surface area contributed by atoms with Gasteiger partial charge < -0.3 is 19.8 Å². The summed E-state index contributed by atoms with van der Waals surface area (Å²) in [6.07, 6.45) is -0.254. The predicted octanol–water partition coefficient (Wildman–Crippen LogP) is 2.52. The van der Waals surface area contributed by atoms with E-state index in [1.165, 1.54) is 23.9 Å². The van der Waals surface area contributed by atoms with Crippen LogP contribution in [0.1, 0.15) is 20.7 Å². The van der Waals surface area contributed by atoms with E-state index in [1.807, 2.05) is 12.1 Å². The second-order valence-corrected chi connectivity index (χ2v) is 9.02. The van der Waals surface area contributed by atoms with Crippen molar-refractivity contribution < 1.29 is 24.5 Å². The molecule has 2 aliphatic rings. The average Bonchev–Trinajstić information content (AvgIpc) is 2.67. The predicted molar refractivity (Wildman–Crippen MR) is 116 cm³/mol. The molecule has 2 aromatic rings. The topological polar surface area (TPSA) is 90.3 Å². The molecule has 0 amide bonds. The molecule has 2 heterocycles. The molecule has 8 heteroatoms. The summed E-state index contributed by atoms with van der Waals surface area (Å²) in [7, 11) is 0. The second kappa shape index (κ2) is 8.37. The highest BCUT2D eigenvalue weighted by Crippen LogP contribution is 2.42. The molecule has 0 aromatic heterocycles. The van der Waals surface area contributed by atoms with E-state index in [0.29, 0.717) is 18.2 Å². The number of carbonyl (C=O) groups is 2. The smallest absolute Gasteiger partial charge is 0.336 e. The van der Waals surface area contributed by atoms with Gasteiger partial charge in [0, 0.05) is 48.3 Å². The molecule has 2 fully saturated rings. The number of nitrogens with zero attached hydrogens (tertiary/aromatic N) is 2. The van der Waals surface area contributed by atoms with E-state index < -0.39 is 12.1 Å². The SMILES string of the molecule is O=Cc1c(OC[C@H](O)CN2CC3(C2)CN(c2ccc(Br)cc2)C3)cccc1C(=O)O. The van der Waals surface area contributed by atoms with E-state index >= 15 is 0 Å². The number of hydrogen-bond acceptors (Lipinski definition) is 6. The molecular weight excluding hydrogens is 452 g/mol. The molecule has 7 nitrogen and oxygen atoms in total. The lowest BCUT2D eigenvalue weighted by molar-refractivity contribution is -0.0507. The van der Waals surface area contributed by atoms with Gasteiger partial charge in [-0.2, -0.15) is 0 Å². The molecule has 2 aromatic carbocycles. The zero-order chi connectivity index (χ0) is 21.3. The van der Waals surface area contributed by atoms with Gasteiger partial charge in [0.15, 0.2) is 6.29 Å². The number of β-amino-alcohol motifs (C(OH)–C–C–N with tert-alkyl or cyclic N) is 1. The van der Waals surface area contributed by atoms with Crippen LogP contribution in [0.2, 0.25) is 0 Å². The molecule has 2 saturated heterocycles. The number of carboxylic acids is 1. The number of halogens is 1. The van der Waals surface area contributed by atoms with Gasteiger partial charge in [0.05, 0.1) is 11.1 Å². The Kier molecular flexibility index (Phi) is 5.81. The van der Waals surface area contributed by atoms with Crippen molar-refractivity contribution in [2.45, 2.75) is 6.10 Å². The first-order valence-corrected chi connectivity index (χ1v) is 10.5. The third kappa shape index (κ3) is 4.21. The zero-order valence-electron chi connectivity index (χ0n) is 16.3. The highest BCUT2D eigenvalue weighted by Gasteiger charge is 2.51. The fourth-order valence-electron chi connectivity index (χ4n) is 4.34. The summed E-state index contributed by atoms with van der Waals surface area (Å²) >= 11 is 3.46. The normalized spacial score (nSPS) is 18.4. The summed E-state index contributed by atoms with van der Waals surface area (Å²) in [6.45, 7) is 4.38. The molecule has 0 bridgehead atoms. The Morgan fingerprint density at radius 3 is 2.50 bits per heavy atom. The van der Waals surface area contributed by atoms with E-state index in [-0.39, 0.29) is 23.5 Å². The van der Waals surface area contributed by atoms with Crippen LogP contribution in [0.25, 0.3) is 0 Å². The van der Waals surface area contributed by atoms with Crippen molar-refractivity contribution in [3.05, 3.63) is 58.1 Å². The van der Waals surface area contributed by atoms with Gasteiger partial charge in [-0.15, -0.1) is 0 Å². The Morgan fingerprint density at radius 1 is 1.17 bits per heavy atom. The fraction of sp³-hybridized carbons (Fsp3) is 0.364. The maximum Gasteiger partial charge on any atom is 0.336 e. The zero-order valence-corrected chi connectivity index (χ0v) is 17.9. The van der Waals surface area contributed by atoms with Crippen LogP contribution in [0.4, 0.5) is 5.69 Å². The Balaban J connectivity index is 1.23. The van der Waals surface area contributed by atoms with Crippen LogP contribution in [-0.2, 0) is 0 Å². The number of hydrogen-bond donors (Lipinski definition) is 2. The quantitative estimate of drug-likeness (QED) is 0.568. The van der Waals surface area contributed by atoms with Gasteiger partial charge in [0.2, 0.25) is 0 Å². The Morgan fingerprint density at radius 2 is 1.87 bits per heavy atom. The van der Waals surface area contributed by atoms with Crippen molar-refractivity contribution >= 4 is 33.9 Å².